The molecule has 8 heteroatoms. The summed E-state index contributed by atoms with van der Waals surface area (Å²) >= 11 is 6.00. The standard InChI is InChI=1S/C16H21ClN2O3S.ClH/c1-10-12-8-11(17)4-5-13(12)22-15(10)23(20,21)19-7-6-14(18)16(2,3)9-19;/h4-5,8,14H,6-7,9,18H2,1-3H3;1H. The zero-order valence-electron chi connectivity index (χ0n) is 13.9. The summed E-state index contributed by atoms with van der Waals surface area (Å²) in [5.41, 5.74) is 6.95. The van der Waals surface area contributed by atoms with Crippen LogP contribution in [0.2, 0.25) is 5.02 Å². The summed E-state index contributed by atoms with van der Waals surface area (Å²) in [7, 11) is -3.69. The quantitative estimate of drug-likeness (QED) is 0.847. The Hall–Kier alpha value is -0.790. The fourth-order valence-corrected chi connectivity index (χ4v) is 5.01. The molecule has 0 saturated carbocycles. The van der Waals surface area contributed by atoms with Gasteiger partial charge in [0, 0.05) is 35.1 Å². The van der Waals surface area contributed by atoms with E-state index in [2.05, 4.69) is 0 Å². The van der Waals surface area contributed by atoms with E-state index in [0.717, 1.165) is 5.39 Å². The molecule has 2 N–H and O–H groups in total. The Labute approximate surface area is 153 Å². The highest BCUT2D eigenvalue weighted by Crippen LogP contribution is 2.35. The number of nitrogens with zero attached hydrogens (tertiary/aromatic N) is 1. The topological polar surface area (TPSA) is 76.5 Å². The summed E-state index contributed by atoms with van der Waals surface area (Å²) < 4.78 is 33.2. The number of fused-ring (bicyclic) bond motifs is 1. The van der Waals surface area contributed by atoms with Gasteiger partial charge in [0.25, 0.3) is 10.0 Å². The molecule has 3 rings (SSSR count). The number of piperidine rings is 1. The van der Waals surface area contributed by atoms with Gasteiger partial charge in [0.05, 0.1) is 0 Å². The number of halogens is 2. The van der Waals surface area contributed by atoms with Gasteiger partial charge in [-0.15, -0.1) is 12.4 Å². The van der Waals surface area contributed by atoms with Crippen molar-refractivity contribution in [2.45, 2.75) is 38.3 Å². The molecule has 0 spiro atoms. The molecular weight excluding hydrogens is 371 g/mol. The smallest absolute Gasteiger partial charge is 0.276 e. The number of hydrogen-bond acceptors (Lipinski definition) is 4. The first-order valence-corrected chi connectivity index (χ1v) is 9.39. The Morgan fingerprint density at radius 3 is 2.67 bits per heavy atom. The van der Waals surface area contributed by atoms with Crippen molar-refractivity contribution < 1.29 is 12.8 Å². The molecule has 0 amide bonds. The SMILES string of the molecule is Cc1c(S(=O)(=O)N2CCC(N)C(C)(C)C2)oc2ccc(Cl)cc12.Cl. The molecule has 1 aliphatic rings. The number of rotatable bonds is 2. The van der Waals surface area contributed by atoms with Crippen molar-refractivity contribution >= 4 is 45.0 Å². The summed E-state index contributed by atoms with van der Waals surface area (Å²) in [5.74, 6) is 0. The highest BCUT2D eigenvalue weighted by molar-refractivity contribution is 7.89. The summed E-state index contributed by atoms with van der Waals surface area (Å²) in [6, 6.07) is 5.10. The highest BCUT2D eigenvalue weighted by Gasteiger charge is 2.40. The van der Waals surface area contributed by atoms with Crippen LogP contribution in [0, 0.1) is 12.3 Å². The lowest BCUT2D eigenvalue weighted by molar-refractivity contribution is 0.154. The number of hydrogen-bond donors (Lipinski definition) is 1. The largest absolute Gasteiger partial charge is 0.443 e. The molecule has 5 nitrogen and oxygen atoms in total. The minimum absolute atomic E-state index is 0. The van der Waals surface area contributed by atoms with Gasteiger partial charge in [-0.25, -0.2) is 8.42 Å². The lowest BCUT2D eigenvalue weighted by Crippen LogP contribution is -2.53. The number of benzene rings is 1. The van der Waals surface area contributed by atoms with Crippen molar-refractivity contribution in [2.24, 2.45) is 11.1 Å². The summed E-state index contributed by atoms with van der Waals surface area (Å²) in [6.07, 6.45) is 0.636. The molecular formula is C16H22Cl2N2O3S. The van der Waals surface area contributed by atoms with Gasteiger partial charge < -0.3 is 10.2 Å². The van der Waals surface area contributed by atoms with Crippen molar-refractivity contribution in [1.29, 1.82) is 0 Å². The van der Waals surface area contributed by atoms with E-state index < -0.39 is 10.0 Å². The van der Waals surface area contributed by atoms with Gasteiger partial charge in [0.2, 0.25) is 5.09 Å². The zero-order chi connectivity index (χ0) is 17.0. The van der Waals surface area contributed by atoms with E-state index in [4.69, 9.17) is 21.8 Å². The van der Waals surface area contributed by atoms with Crippen LogP contribution in [0.4, 0.5) is 0 Å². The second kappa shape index (κ2) is 6.50. The normalized spacial score (nSPS) is 21.6. The minimum atomic E-state index is -3.69. The maximum absolute atomic E-state index is 13.0. The first-order valence-electron chi connectivity index (χ1n) is 7.57. The molecule has 1 aromatic heterocycles. The lowest BCUT2D eigenvalue weighted by atomic mass is 9.81. The third-order valence-corrected chi connectivity index (χ3v) is 6.79. The second-order valence-corrected chi connectivity index (χ2v) is 9.15. The molecule has 24 heavy (non-hydrogen) atoms. The minimum Gasteiger partial charge on any atom is -0.443 e. The maximum Gasteiger partial charge on any atom is 0.276 e. The van der Waals surface area contributed by atoms with Crippen molar-refractivity contribution in [2.75, 3.05) is 13.1 Å². The zero-order valence-corrected chi connectivity index (χ0v) is 16.3. The first kappa shape index (κ1) is 19.5. The van der Waals surface area contributed by atoms with Crippen LogP contribution >= 0.6 is 24.0 Å². The Balaban J connectivity index is 0.00000208. The van der Waals surface area contributed by atoms with Gasteiger partial charge in [0.1, 0.15) is 5.58 Å². The molecule has 134 valence electrons. The van der Waals surface area contributed by atoms with E-state index in [-0.39, 0.29) is 29.0 Å². The third-order valence-electron chi connectivity index (χ3n) is 4.71. The number of aryl methyl sites for hydroxylation is 1. The molecule has 0 aliphatic carbocycles. The summed E-state index contributed by atoms with van der Waals surface area (Å²) in [4.78, 5) is 0. The van der Waals surface area contributed by atoms with Crippen molar-refractivity contribution in [3.63, 3.8) is 0 Å². The molecule has 1 unspecified atom stereocenters. The van der Waals surface area contributed by atoms with Crippen LogP contribution in [0.5, 0.6) is 0 Å². The van der Waals surface area contributed by atoms with Gasteiger partial charge in [0.15, 0.2) is 0 Å². The van der Waals surface area contributed by atoms with E-state index in [1.54, 1.807) is 25.1 Å². The van der Waals surface area contributed by atoms with Gasteiger partial charge in [-0.2, -0.15) is 4.31 Å². The Morgan fingerprint density at radius 1 is 1.38 bits per heavy atom. The molecule has 0 radical (unpaired) electrons. The van der Waals surface area contributed by atoms with Gasteiger partial charge in [-0.05, 0) is 37.0 Å². The van der Waals surface area contributed by atoms with E-state index >= 15 is 0 Å². The molecule has 1 aromatic carbocycles. The summed E-state index contributed by atoms with van der Waals surface area (Å²) in [5, 5.41) is 1.28. The van der Waals surface area contributed by atoms with Crippen molar-refractivity contribution in [3.8, 4) is 0 Å². The van der Waals surface area contributed by atoms with Gasteiger partial charge in [-0.1, -0.05) is 25.4 Å². The predicted octanol–water partition coefficient (Wildman–Crippen LogP) is 3.56. The van der Waals surface area contributed by atoms with Crippen LogP contribution in [0.3, 0.4) is 0 Å². The van der Waals surface area contributed by atoms with Crippen LogP contribution in [0.15, 0.2) is 27.7 Å². The average Bonchev–Trinajstić information content (AvgIpc) is 2.79. The summed E-state index contributed by atoms with van der Waals surface area (Å²) in [6.45, 7) is 6.52. The van der Waals surface area contributed by atoms with Crippen LogP contribution in [0.25, 0.3) is 11.0 Å². The molecule has 2 aromatic rings. The van der Waals surface area contributed by atoms with E-state index in [1.807, 2.05) is 13.8 Å². The molecule has 0 bridgehead atoms. The lowest BCUT2D eigenvalue weighted by Gasteiger charge is -2.41. The van der Waals surface area contributed by atoms with Crippen LogP contribution in [0.1, 0.15) is 25.8 Å². The second-order valence-electron chi connectivity index (χ2n) is 6.88. The third kappa shape index (κ3) is 3.18. The van der Waals surface area contributed by atoms with Crippen LogP contribution < -0.4 is 5.73 Å². The van der Waals surface area contributed by atoms with Gasteiger partial charge >= 0.3 is 0 Å². The number of furan rings is 1. The van der Waals surface area contributed by atoms with E-state index in [9.17, 15) is 8.42 Å². The molecule has 1 aliphatic heterocycles. The molecule has 1 saturated heterocycles. The Kier molecular flexibility index (Phi) is 5.29. The average molecular weight is 393 g/mol. The predicted molar refractivity (Wildman–Crippen MR) is 98.3 cm³/mol. The maximum atomic E-state index is 13.0. The fraction of sp³-hybridized carbons (Fsp3) is 0.500. The molecule has 1 fully saturated rings. The first-order chi connectivity index (χ1) is 10.6. The van der Waals surface area contributed by atoms with Crippen LogP contribution in [-0.2, 0) is 10.0 Å². The monoisotopic (exact) mass is 392 g/mol. The number of nitrogens with two attached hydrogens (primary N) is 1. The Morgan fingerprint density at radius 2 is 2.04 bits per heavy atom. The van der Waals surface area contributed by atoms with E-state index in [1.165, 1.54) is 4.31 Å². The Bertz CT molecular complexity index is 862. The van der Waals surface area contributed by atoms with Crippen LogP contribution in [-0.4, -0.2) is 31.9 Å². The fourth-order valence-electron chi connectivity index (χ4n) is 3.06. The highest BCUT2D eigenvalue weighted by atomic mass is 35.5. The van der Waals surface area contributed by atoms with E-state index in [0.29, 0.717) is 35.7 Å². The van der Waals surface area contributed by atoms with Crippen molar-refractivity contribution in [3.05, 3.63) is 28.8 Å². The number of sulfonamides is 1. The van der Waals surface area contributed by atoms with Gasteiger partial charge in [-0.3, -0.25) is 0 Å². The molecule has 2 heterocycles. The van der Waals surface area contributed by atoms with Crippen molar-refractivity contribution in [1.82, 2.24) is 4.31 Å². The molecule has 1 atom stereocenters.